The Labute approximate surface area is 193 Å². The predicted molar refractivity (Wildman–Crippen MR) is 132 cm³/mol. The number of hydrogen-bond donors (Lipinski definition) is 0. The third kappa shape index (κ3) is 8.07. The summed E-state index contributed by atoms with van der Waals surface area (Å²) in [5.74, 6) is 2.23. The molecule has 0 radical (unpaired) electrons. The molecule has 0 aliphatic carbocycles. The summed E-state index contributed by atoms with van der Waals surface area (Å²) in [4.78, 5) is 12.8. The standard InChI is InChI=1S/C28H38O4/c1-9-11-24-21(14-17-25(29)20-12-15-22(16-13-20)30-10-2)18-23(31-27(3,4)5)19-26(24)32-28(6,7)8/h12-19H,9-11H2,1-8H3. The summed E-state index contributed by atoms with van der Waals surface area (Å²) in [6, 6.07) is 11.2. The van der Waals surface area contributed by atoms with Crippen LogP contribution in [0.5, 0.6) is 17.2 Å². The summed E-state index contributed by atoms with van der Waals surface area (Å²) < 4.78 is 17.9. The highest BCUT2D eigenvalue weighted by atomic mass is 16.5. The van der Waals surface area contributed by atoms with E-state index in [0.29, 0.717) is 12.2 Å². The lowest BCUT2D eigenvalue weighted by molar-refractivity contribution is 0.104. The molecule has 0 aliphatic rings. The fourth-order valence-corrected chi connectivity index (χ4v) is 3.28. The van der Waals surface area contributed by atoms with E-state index in [-0.39, 0.29) is 17.0 Å². The molecule has 0 aromatic heterocycles. The Morgan fingerprint density at radius 1 is 0.875 bits per heavy atom. The first-order chi connectivity index (χ1) is 14.9. The van der Waals surface area contributed by atoms with E-state index in [1.54, 1.807) is 18.2 Å². The molecule has 0 fully saturated rings. The van der Waals surface area contributed by atoms with Gasteiger partial charge in [-0.25, -0.2) is 0 Å². The topological polar surface area (TPSA) is 44.8 Å². The van der Waals surface area contributed by atoms with Crippen LogP contribution in [0.15, 0.2) is 42.5 Å². The molecule has 0 unspecified atom stereocenters. The maximum atomic E-state index is 12.8. The summed E-state index contributed by atoms with van der Waals surface area (Å²) in [6.45, 7) is 16.8. The van der Waals surface area contributed by atoms with Crippen molar-refractivity contribution in [1.29, 1.82) is 0 Å². The monoisotopic (exact) mass is 438 g/mol. The van der Waals surface area contributed by atoms with Crippen molar-refractivity contribution in [3.8, 4) is 17.2 Å². The average Bonchev–Trinajstić information content (AvgIpc) is 2.66. The highest BCUT2D eigenvalue weighted by Crippen LogP contribution is 2.35. The molecule has 0 saturated heterocycles. The van der Waals surface area contributed by atoms with Crippen molar-refractivity contribution in [2.75, 3.05) is 6.61 Å². The van der Waals surface area contributed by atoms with Gasteiger partial charge in [-0.2, -0.15) is 0 Å². The Morgan fingerprint density at radius 3 is 2.03 bits per heavy atom. The minimum absolute atomic E-state index is 0.0593. The fourth-order valence-electron chi connectivity index (χ4n) is 3.28. The largest absolute Gasteiger partial charge is 0.494 e. The van der Waals surface area contributed by atoms with Crippen LogP contribution in [0.25, 0.3) is 6.08 Å². The maximum absolute atomic E-state index is 12.8. The van der Waals surface area contributed by atoms with E-state index in [0.717, 1.165) is 41.2 Å². The van der Waals surface area contributed by atoms with Crippen molar-refractivity contribution in [1.82, 2.24) is 0 Å². The molecule has 2 aromatic rings. The van der Waals surface area contributed by atoms with Crippen molar-refractivity contribution < 1.29 is 19.0 Å². The molecule has 0 bridgehead atoms. The van der Waals surface area contributed by atoms with Crippen molar-refractivity contribution in [2.24, 2.45) is 0 Å². The number of benzene rings is 2. The molecule has 32 heavy (non-hydrogen) atoms. The molecular formula is C28H38O4. The molecule has 0 heterocycles. The van der Waals surface area contributed by atoms with Crippen molar-refractivity contribution in [2.45, 2.75) is 79.4 Å². The zero-order valence-electron chi connectivity index (χ0n) is 20.9. The number of rotatable bonds is 9. The first kappa shape index (κ1) is 25.5. The van der Waals surface area contributed by atoms with Gasteiger partial charge in [0, 0.05) is 17.2 Å². The minimum Gasteiger partial charge on any atom is -0.494 e. The third-order valence-corrected chi connectivity index (χ3v) is 4.42. The second-order valence-electron chi connectivity index (χ2n) is 9.82. The lowest BCUT2D eigenvalue weighted by Gasteiger charge is -2.27. The Hall–Kier alpha value is -2.75. The number of carbonyl (C=O) groups excluding carboxylic acids is 1. The quantitative estimate of drug-likeness (QED) is 0.305. The molecule has 0 aliphatic heterocycles. The molecule has 4 nitrogen and oxygen atoms in total. The van der Waals surface area contributed by atoms with Gasteiger partial charge in [0.1, 0.15) is 28.5 Å². The zero-order valence-corrected chi connectivity index (χ0v) is 20.9. The maximum Gasteiger partial charge on any atom is 0.185 e. The Bertz CT molecular complexity index is 926. The van der Waals surface area contributed by atoms with Gasteiger partial charge in [0.2, 0.25) is 0 Å². The SMILES string of the molecule is CCCc1c(C=CC(=O)c2ccc(OCC)cc2)cc(OC(C)(C)C)cc1OC(C)(C)C. The van der Waals surface area contributed by atoms with Gasteiger partial charge < -0.3 is 14.2 Å². The van der Waals surface area contributed by atoms with E-state index >= 15 is 0 Å². The molecule has 0 saturated carbocycles. The minimum atomic E-state index is -0.345. The van der Waals surface area contributed by atoms with Gasteiger partial charge in [0.25, 0.3) is 0 Å². The molecule has 0 amide bonds. The number of allylic oxidation sites excluding steroid dienone is 1. The molecule has 2 aromatic carbocycles. The van der Waals surface area contributed by atoms with Gasteiger partial charge in [0.05, 0.1) is 6.61 Å². The second kappa shape index (κ2) is 10.7. The molecular weight excluding hydrogens is 400 g/mol. The molecule has 0 N–H and O–H groups in total. The normalized spacial score (nSPS) is 12.1. The first-order valence-corrected chi connectivity index (χ1v) is 11.4. The van der Waals surface area contributed by atoms with Gasteiger partial charge in [-0.3, -0.25) is 4.79 Å². The van der Waals surface area contributed by atoms with Crippen molar-refractivity contribution >= 4 is 11.9 Å². The van der Waals surface area contributed by atoms with Crippen LogP contribution in [-0.4, -0.2) is 23.6 Å². The molecule has 174 valence electrons. The van der Waals surface area contributed by atoms with Crippen LogP contribution in [0, 0.1) is 0 Å². The summed E-state index contributed by atoms with van der Waals surface area (Å²) in [5, 5.41) is 0. The average molecular weight is 439 g/mol. The molecule has 0 atom stereocenters. The van der Waals surface area contributed by atoms with E-state index in [1.807, 2.05) is 78.8 Å². The summed E-state index contributed by atoms with van der Waals surface area (Å²) in [5.41, 5.74) is 1.95. The summed E-state index contributed by atoms with van der Waals surface area (Å²) in [7, 11) is 0. The number of hydrogen-bond acceptors (Lipinski definition) is 4. The summed E-state index contributed by atoms with van der Waals surface area (Å²) >= 11 is 0. The Kier molecular flexibility index (Phi) is 8.54. The van der Waals surface area contributed by atoms with E-state index in [9.17, 15) is 4.79 Å². The number of carbonyl (C=O) groups is 1. The van der Waals surface area contributed by atoms with Crippen LogP contribution in [0.1, 0.15) is 83.3 Å². The van der Waals surface area contributed by atoms with Gasteiger partial charge in [-0.15, -0.1) is 0 Å². The smallest absolute Gasteiger partial charge is 0.185 e. The van der Waals surface area contributed by atoms with Crippen LogP contribution in [-0.2, 0) is 6.42 Å². The van der Waals surface area contributed by atoms with Crippen molar-refractivity contribution in [3.63, 3.8) is 0 Å². The van der Waals surface area contributed by atoms with Gasteiger partial charge >= 0.3 is 0 Å². The van der Waals surface area contributed by atoms with Gasteiger partial charge in [-0.05, 0) is 96.9 Å². The van der Waals surface area contributed by atoms with E-state index in [4.69, 9.17) is 14.2 Å². The van der Waals surface area contributed by atoms with E-state index in [1.165, 1.54) is 0 Å². The van der Waals surface area contributed by atoms with Crippen LogP contribution in [0.3, 0.4) is 0 Å². The lowest BCUT2D eigenvalue weighted by atomic mass is 9.99. The highest BCUT2D eigenvalue weighted by Gasteiger charge is 2.20. The third-order valence-electron chi connectivity index (χ3n) is 4.42. The molecule has 0 spiro atoms. The van der Waals surface area contributed by atoms with Gasteiger partial charge in [-0.1, -0.05) is 19.4 Å². The lowest BCUT2D eigenvalue weighted by Crippen LogP contribution is -2.25. The van der Waals surface area contributed by atoms with E-state index < -0.39 is 0 Å². The number of ether oxygens (including phenoxy) is 3. The Balaban J connectivity index is 2.44. The summed E-state index contributed by atoms with van der Waals surface area (Å²) in [6.07, 6.45) is 5.30. The first-order valence-electron chi connectivity index (χ1n) is 11.4. The zero-order chi connectivity index (χ0) is 23.9. The molecule has 2 rings (SSSR count). The Morgan fingerprint density at radius 2 is 1.50 bits per heavy atom. The predicted octanol–water partition coefficient (Wildman–Crippen LogP) is 7.29. The van der Waals surface area contributed by atoms with Crippen LogP contribution >= 0.6 is 0 Å². The van der Waals surface area contributed by atoms with E-state index in [2.05, 4.69) is 6.92 Å². The van der Waals surface area contributed by atoms with Crippen LogP contribution in [0.2, 0.25) is 0 Å². The van der Waals surface area contributed by atoms with Crippen LogP contribution < -0.4 is 14.2 Å². The molecule has 4 heteroatoms. The highest BCUT2D eigenvalue weighted by molar-refractivity contribution is 6.07. The van der Waals surface area contributed by atoms with Crippen LogP contribution in [0.4, 0.5) is 0 Å². The second-order valence-corrected chi connectivity index (χ2v) is 9.82. The number of ketones is 1. The van der Waals surface area contributed by atoms with Crippen molar-refractivity contribution in [3.05, 3.63) is 59.2 Å². The fraction of sp³-hybridized carbons (Fsp3) is 0.464. The van der Waals surface area contributed by atoms with Gasteiger partial charge in [0.15, 0.2) is 5.78 Å².